The van der Waals surface area contributed by atoms with Crippen molar-refractivity contribution in [3.8, 4) is 22.4 Å². The van der Waals surface area contributed by atoms with E-state index in [-0.39, 0.29) is 23.0 Å². The number of aromatic nitrogens is 4. The molecule has 1 aliphatic heterocycles. The number of benzene rings is 3. The van der Waals surface area contributed by atoms with Gasteiger partial charge in [-0.1, -0.05) is 67.6 Å². The average molecular weight is 642 g/mol. The highest BCUT2D eigenvalue weighted by Crippen LogP contribution is 2.33. The Balaban J connectivity index is 1.07. The summed E-state index contributed by atoms with van der Waals surface area (Å²) in [5, 5.41) is 3.14. The number of amides is 1. The van der Waals surface area contributed by atoms with E-state index < -0.39 is 11.7 Å². The second-order valence-corrected chi connectivity index (χ2v) is 12.1. The van der Waals surface area contributed by atoms with Crippen molar-refractivity contribution in [3.05, 3.63) is 129 Å². The number of carbonyl (C=O) groups is 1. The summed E-state index contributed by atoms with van der Waals surface area (Å²) in [5.41, 5.74) is 6.05. The van der Waals surface area contributed by atoms with Gasteiger partial charge in [0.05, 0.1) is 33.3 Å². The number of allylic oxidation sites excluding steroid dienone is 1. The maximum absolute atomic E-state index is 14.7. The topological polar surface area (TPSA) is 116 Å². The number of carbonyl (C=O) groups excluding carboxylic acids is 1. The molecule has 1 fully saturated rings. The molecular formula is C38H35FN6O3. The van der Waals surface area contributed by atoms with E-state index >= 15 is 0 Å². The zero-order chi connectivity index (χ0) is 33.2. The molecule has 3 aromatic heterocycles. The van der Waals surface area contributed by atoms with Gasteiger partial charge in [-0.3, -0.25) is 19.1 Å². The molecule has 6 aromatic rings. The van der Waals surface area contributed by atoms with Crippen molar-refractivity contribution in [2.75, 3.05) is 18.4 Å². The number of rotatable bonds is 8. The number of hydrogen-bond acceptors (Lipinski definition) is 5. The third kappa shape index (κ3) is 6.22. The number of imidazole rings is 1. The zero-order valence-electron chi connectivity index (χ0n) is 26.5. The summed E-state index contributed by atoms with van der Waals surface area (Å²) in [5.74, 6) is -1.01. The van der Waals surface area contributed by atoms with E-state index in [4.69, 9.17) is 4.98 Å². The molecule has 0 saturated carbocycles. The number of nitrogens with zero attached hydrogens (tertiary/aromatic N) is 3. The second kappa shape index (κ2) is 13.2. The van der Waals surface area contributed by atoms with Crippen LogP contribution in [0.25, 0.3) is 44.3 Å². The predicted molar refractivity (Wildman–Crippen MR) is 187 cm³/mol. The summed E-state index contributed by atoms with van der Waals surface area (Å²) in [4.78, 5) is 50.6. The van der Waals surface area contributed by atoms with Crippen LogP contribution < -0.4 is 16.6 Å². The minimum absolute atomic E-state index is 0.0466. The number of pyridine rings is 2. The largest absolute Gasteiger partial charge is 0.328 e. The lowest BCUT2D eigenvalue weighted by Gasteiger charge is -2.32. The molecule has 0 aliphatic carbocycles. The van der Waals surface area contributed by atoms with Crippen molar-refractivity contribution >= 4 is 33.5 Å². The Bertz CT molecular complexity index is 2260. The molecule has 7 rings (SSSR count). The van der Waals surface area contributed by atoms with E-state index in [9.17, 15) is 18.8 Å². The first-order valence-electron chi connectivity index (χ1n) is 16.2. The van der Waals surface area contributed by atoms with Gasteiger partial charge in [0.2, 0.25) is 5.91 Å². The average Bonchev–Trinajstić information content (AvgIpc) is 3.42. The third-order valence-electron chi connectivity index (χ3n) is 8.96. The van der Waals surface area contributed by atoms with Gasteiger partial charge in [0.1, 0.15) is 5.82 Å². The fraction of sp³-hybridized carbons (Fsp3) is 0.211. The van der Waals surface area contributed by atoms with Crippen molar-refractivity contribution in [1.82, 2.24) is 24.4 Å². The number of halogens is 1. The quantitative estimate of drug-likeness (QED) is 0.159. The van der Waals surface area contributed by atoms with Crippen LogP contribution in [-0.2, 0) is 11.3 Å². The Morgan fingerprint density at radius 1 is 1.00 bits per heavy atom. The minimum atomic E-state index is -0.599. The van der Waals surface area contributed by atoms with Gasteiger partial charge in [-0.2, -0.15) is 0 Å². The molecule has 1 saturated heterocycles. The van der Waals surface area contributed by atoms with Gasteiger partial charge in [-0.25, -0.2) is 14.2 Å². The number of nitrogens with one attached hydrogen (secondary N) is 3. The van der Waals surface area contributed by atoms with Crippen LogP contribution in [0.4, 0.5) is 10.1 Å². The van der Waals surface area contributed by atoms with Crippen molar-refractivity contribution < 1.29 is 9.18 Å². The molecule has 1 aliphatic rings. The van der Waals surface area contributed by atoms with Crippen LogP contribution in [0.15, 0.2) is 107 Å². The van der Waals surface area contributed by atoms with Crippen molar-refractivity contribution in [1.29, 1.82) is 0 Å². The molecule has 242 valence electrons. The Kier molecular flexibility index (Phi) is 8.56. The van der Waals surface area contributed by atoms with E-state index in [0.717, 1.165) is 60.4 Å². The molecule has 10 heteroatoms. The van der Waals surface area contributed by atoms with E-state index in [0.29, 0.717) is 28.4 Å². The van der Waals surface area contributed by atoms with Gasteiger partial charge in [0.25, 0.3) is 5.56 Å². The minimum Gasteiger partial charge on any atom is -0.328 e. The lowest BCUT2D eigenvalue weighted by Crippen LogP contribution is -2.36. The molecule has 0 bridgehead atoms. The van der Waals surface area contributed by atoms with Gasteiger partial charge in [0.15, 0.2) is 0 Å². The van der Waals surface area contributed by atoms with Gasteiger partial charge < -0.3 is 15.3 Å². The summed E-state index contributed by atoms with van der Waals surface area (Å²) in [7, 11) is 0. The Hall–Kier alpha value is -5.61. The first-order valence-corrected chi connectivity index (χ1v) is 16.2. The van der Waals surface area contributed by atoms with E-state index in [2.05, 4.69) is 44.5 Å². The van der Waals surface area contributed by atoms with Crippen LogP contribution in [0.1, 0.15) is 37.8 Å². The maximum atomic E-state index is 14.7. The zero-order valence-corrected chi connectivity index (χ0v) is 26.5. The summed E-state index contributed by atoms with van der Waals surface area (Å²) in [6.07, 6.45) is 6.90. The number of piperidine rings is 1. The molecule has 1 amide bonds. The molecule has 0 spiro atoms. The smallest absolute Gasteiger partial charge is 0.326 e. The third-order valence-corrected chi connectivity index (χ3v) is 8.96. The standard InChI is InChI=1S/C38H35FN6O3/c1-2-3-9-35(46)41-32-22-34-33(21-30(32)39)43-38(48)45(34)27-15-18-44(19-16-27)23-24-10-12-26(13-11-24)36-28(25-7-5-4-6-8-25)20-29-31(42-36)14-17-40-37(29)47/h3-14,17,20-22,27H,2,15-16,18-19,23H2,1H3,(H,40,47)(H,41,46)(H,43,48)/b9-3+/i39-1. The summed E-state index contributed by atoms with van der Waals surface area (Å²) in [6, 6.07) is 24.8. The number of anilines is 1. The number of hydrogen-bond donors (Lipinski definition) is 3. The Morgan fingerprint density at radius 3 is 2.52 bits per heavy atom. The van der Waals surface area contributed by atoms with Crippen LogP contribution in [0.3, 0.4) is 0 Å². The summed E-state index contributed by atoms with van der Waals surface area (Å²) < 4.78 is 16.4. The predicted octanol–water partition coefficient (Wildman–Crippen LogP) is 6.78. The Morgan fingerprint density at radius 2 is 1.77 bits per heavy atom. The van der Waals surface area contributed by atoms with Crippen LogP contribution in [0.2, 0.25) is 0 Å². The van der Waals surface area contributed by atoms with Crippen LogP contribution in [0, 0.1) is 5.82 Å². The number of fused-ring (bicyclic) bond motifs is 2. The fourth-order valence-corrected chi connectivity index (χ4v) is 6.53. The van der Waals surface area contributed by atoms with E-state index in [1.54, 1.807) is 22.9 Å². The van der Waals surface area contributed by atoms with Gasteiger partial charge in [-0.05, 0) is 54.7 Å². The first-order chi connectivity index (χ1) is 23.4. The monoisotopic (exact) mass is 641 g/mol. The van der Waals surface area contributed by atoms with E-state index in [1.807, 2.05) is 49.4 Å². The van der Waals surface area contributed by atoms with Crippen LogP contribution in [0.5, 0.6) is 0 Å². The van der Waals surface area contributed by atoms with Crippen molar-refractivity contribution in [2.45, 2.75) is 38.8 Å². The van der Waals surface area contributed by atoms with Crippen molar-refractivity contribution in [3.63, 3.8) is 0 Å². The lowest BCUT2D eigenvalue weighted by molar-refractivity contribution is -0.111. The maximum Gasteiger partial charge on any atom is 0.326 e. The SMILES string of the molecule is CC/C=C/C(=O)Nc1cc2c(cc1[18F])[nH]c(=O)n2C1CCN(Cc2ccc(-c3nc4cc[nH]c(=O)c4cc3-c3ccccc3)cc2)CC1. The fourth-order valence-electron chi connectivity index (χ4n) is 6.53. The molecule has 3 aromatic carbocycles. The first kappa shape index (κ1) is 31.0. The van der Waals surface area contributed by atoms with Gasteiger partial charge >= 0.3 is 5.69 Å². The highest BCUT2D eigenvalue weighted by atomic mass is 18.2. The molecule has 4 heterocycles. The van der Waals surface area contributed by atoms with Gasteiger partial charge in [-0.15, -0.1) is 0 Å². The number of H-pyrrole nitrogens is 2. The highest BCUT2D eigenvalue weighted by Gasteiger charge is 2.25. The molecule has 0 radical (unpaired) electrons. The molecule has 3 N–H and O–H groups in total. The second-order valence-electron chi connectivity index (χ2n) is 12.1. The van der Waals surface area contributed by atoms with Crippen molar-refractivity contribution in [2.24, 2.45) is 0 Å². The Labute approximate surface area is 275 Å². The molecular weight excluding hydrogens is 606 g/mol. The molecule has 0 atom stereocenters. The van der Waals surface area contributed by atoms with E-state index in [1.165, 1.54) is 12.1 Å². The summed E-state index contributed by atoms with van der Waals surface area (Å²) in [6.45, 7) is 4.25. The van der Waals surface area contributed by atoms with Crippen LogP contribution in [-0.4, -0.2) is 43.4 Å². The lowest BCUT2D eigenvalue weighted by atomic mass is 9.97. The number of likely N-dealkylation sites (tertiary alicyclic amines) is 1. The van der Waals surface area contributed by atoms with Gasteiger partial charge in [0, 0.05) is 49.1 Å². The highest BCUT2D eigenvalue weighted by molar-refractivity contribution is 6.00. The molecule has 0 unspecified atom stereocenters. The molecule has 9 nitrogen and oxygen atoms in total. The number of aromatic amines is 2. The molecule has 48 heavy (non-hydrogen) atoms. The van der Waals surface area contributed by atoms with Crippen LogP contribution >= 0.6 is 0 Å². The summed E-state index contributed by atoms with van der Waals surface area (Å²) >= 11 is 0. The normalized spacial score (nSPS) is 14.3.